The number of nitrogens with zero attached hydrogens (tertiary/aromatic N) is 2. The predicted molar refractivity (Wildman–Crippen MR) is 134 cm³/mol. The van der Waals surface area contributed by atoms with E-state index in [-0.39, 0.29) is 24.7 Å². The lowest BCUT2D eigenvalue weighted by Crippen LogP contribution is -2.19. The minimum absolute atomic E-state index is 0. The molecule has 7 heteroatoms. The first-order chi connectivity index (χ1) is 15.4. The fourth-order valence-electron chi connectivity index (χ4n) is 3.76. The Bertz CT molecular complexity index is 1260. The number of aliphatic hydroxyl groups is 1. The number of benzene rings is 3. The van der Waals surface area contributed by atoms with E-state index >= 15 is 0 Å². The van der Waals surface area contributed by atoms with E-state index in [1.165, 1.54) is 16.7 Å². The molecule has 1 heterocycles. The number of nitrogens with one attached hydrogen (secondary N) is 1. The van der Waals surface area contributed by atoms with Crippen molar-refractivity contribution in [3.63, 3.8) is 0 Å². The molecule has 0 saturated heterocycles. The summed E-state index contributed by atoms with van der Waals surface area (Å²) < 4.78 is 8.97. The third-order valence-corrected chi connectivity index (χ3v) is 5.79. The molecule has 0 spiro atoms. The van der Waals surface area contributed by atoms with Gasteiger partial charge in [-0.3, -0.25) is 9.13 Å². The standard InChI is InChI=1S/C26H29N3O3.ClH/c1-18-4-6-19(7-5-18)15-27-16-20-8-11-22(12-9-20)32-17-25(30)21-10-13-23-24(14-21)29(3)26(31)28(23)2;/h4-14,25,27,30H,15-17H2,1-3H3;1H. The summed E-state index contributed by atoms with van der Waals surface area (Å²) in [5.74, 6) is 0.708. The van der Waals surface area contributed by atoms with Gasteiger partial charge in [-0.15, -0.1) is 12.4 Å². The van der Waals surface area contributed by atoms with Crippen LogP contribution in [0.4, 0.5) is 0 Å². The summed E-state index contributed by atoms with van der Waals surface area (Å²) in [6, 6.07) is 21.9. The van der Waals surface area contributed by atoms with Gasteiger partial charge in [0.25, 0.3) is 0 Å². The molecule has 174 valence electrons. The van der Waals surface area contributed by atoms with Crippen LogP contribution in [0.1, 0.15) is 28.4 Å². The van der Waals surface area contributed by atoms with E-state index < -0.39 is 6.10 Å². The molecule has 0 aliphatic carbocycles. The molecule has 0 bridgehead atoms. The Hall–Kier alpha value is -3.06. The van der Waals surface area contributed by atoms with E-state index in [4.69, 9.17) is 4.74 Å². The maximum atomic E-state index is 12.1. The van der Waals surface area contributed by atoms with Gasteiger partial charge in [0.2, 0.25) is 0 Å². The van der Waals surface area contributed by atoms with Crippen molar-refractivity contribution in [2.75, 3.05) is 6.61 Å². The molecule has 1 atom stereocenters. The van der Waals surface area contributed by atoms with Gasteiger partial charge in [-0.05, 0) is 47.9 Å². The lowest BCUT2D eigenvalue weighted by molar-refractivity contribution is 0.108. The average Bonchev–Trinajstić information content (AvgIpc) is 3.03. The predicted octanol–water partition coefficient (Wildman–Crippen LogP) is 4.01. The second-order valence-electron chi connectivity index (χ2n) is 8.21. The van der Waals surface area contributed by atoms with Crippen LogP contribution in [0, 0.1) is 6.92 Å². The summed E-state index contributed by atoms with van der Waals surface area (Å²) >= 11 is 0. The fraction of sp³-hybridized carbons (Fsp3) is 0.269. The smallest absolute Gasteiger partial charge is 0.328 e. The Balaban J connectivity index is 0.00000306. The average molecular weight is 468 g/mol. The van der Waals surface area contributed by atoms with Crippen molar-refractivity contribution in [1.29, 1.82) is 0 Å². The summed E-state index contributed by atoms with van der Waals surface area (Å²) in [5, 5.41) is 14.0. The van der Waals surface area contributed by atoms with Crippen LogP contribution in [0.25, 0.3) is 11.0 Å². The summed E-state index contributed by atoms with van der Waals surface area (Å²) in [4.78, 5) is 12.1. The molecule has 4 rings (SSSR count). The largest absolute Gasteiger partial charge is 0.491 e. The number of hydrogen-bond donors (Lipinski definition) is 2. The first-order valence-corrected chi connectivity index (χ1v) is 10.7. The van der Waals surface area contributed by atoms with Gasteiger partial charge < -0.3 is 15.2 Å². The first kappa shape index (κ1) is 24.6. The lowest BCUT2D eigenvalue weighted by Gasteiger charge is -2.14. The minimum atomic E-state index is -0.787. The number of hydrogen-bond acceptors (Lipinski definition) is 4. The molecule has 4 aromatic rings. The SMILES string of the molecule is Cc1ccc(CNCc2ccc(OCC(O)c3ccc4c(c3)n(C)c(=O)n4C)cc2)cc1.Cl. The summed E-state index contributed by atoms with van der Waals surface area (Å²) in [5.41, 5.74) is 5.95. The van der Waals surface area contributed by atoms with E-state index in [0.29, 0.717) is 5.75 Å². The second-order valence-corrected chi connectivity index (χ2v) is 8.21. The van der Waals surface area contributed by atoms with Gasteiger partial charge in [-0.25, -0.2) is 4.79 Å². The maximum absolute atomic E-state index is 12.1. The van der Waals surface area contributed by atoms with Gasteiger partial charge in [0.15, 0.2) is 0 Å². The number of aryl methyl sites for hydroxylation is 3. The molecule has 6 nitrogen and oxygen atoms in total. The third-order valence-electron chi connectivity index (χ3n) is 5.79. The van der Waals surface area contributed by atoms with Crippen LogP contribution in [0.2, 0.25) is 0 Å². The Kier molecular flexibility index (Phi) is 7.97. The van der Waals surface area contributed by atoms with Crippen LogP contribution in [-0.2, 0) is 27.2 Å². The summed E-state index contributed by atoms with van der Waals surface area (Å²) in [7, 11) is 3.47. The number of ether oxygens (including phenoxy) is 1. The highest BCUT2D eigenvalue weighted by atomic mass is 35.5. The van der Waals surface area contributed by atoms with Crippen molar-refractivity contribution in [1.82, 2.24) is 14.5 Å². The van der Waals surface area contributed by atoms with Gasteiger partial charge in [-0.1, -0.05) is 48.0 Å². The number of rotatable bonds is 8. The topological polar surface area (TPSA) is 68.4 Å². The highest BCUT2D eigenvalue weighted by molar-refractivity contribution is 5.85. The summed E-state index contributed by atoms with van der Waals surface area (Å²) in [6.45, 7) is 3.82. The van der Waals surface area contributed by atoms with E-state index in [2.05, 4.69) is 36.5 Å². The monoisotopic (exact) mass is 467 g/mol. The van der Waals surface area contributed by atoms with Crippen LogP contribution < -0.4 is 15.7 Å². The Morgan fingerprint density at radius 3 is 2.09 bits per heavy atom. The fourth-order valence-corrected chi connectivity index (χ4v) is 3.76. The van der Waals surface area contributed by atoms with Crippen LogP contribution in [-0.4, -0.2) is 20.8 Å². The number of imidazole rings is 1. The highest BCUT2D eigenvalue weighted by Gasteiger charge is 2.13. The van der Waals surface area contributed by atoms with E-state index in [1.807, 2.05) is 42.5 Å². The zero-order valence-electron chi connectivity index (χ0n) is 19.1. The molecule has 0 aliphatic heterocycles. The minimum Gasteiger partial charge on any atom is -0.491 e. The molecule has 0 amide bonds. The number of aromatic nitrogens is 2. The van der Waals surface area contributed by atoms with Gasteiger partial charge in [0.1, 0.15) is 18.5 Å². The normalized spacial score (nSPS) is 11.9. The molecule has 33 heavy (non-hydrogen) atoms. The van der Waals surface area contributed by atoms with Crippen LogP contribution in [0.5, 0.6) is 5.75 Å². The molecule has 2 N–H and O–H groups in total. The maximum Gasteiger partial charge on any atom is 0.328 e. The lowest BCUT2D eigenvalue weighted by atomic mass is 10.1. The molecule has 1 unspecified atom stereocenters. The Morgan fingerprint density at radius 2 is 1.45 bits per heavy atom. The number of aliphatic hydroxyl groups excluding tert-OH is 1. The molecule has 3 aromatic carbocycles. The first-order valence-electron chi connectivity index (χ1n) is 10.7. The highest BCUT2D eigenvalue weighted by Crippen LogP contribution is 2.21. The van der Waals surface area contributed by atoms with Crippen molar-refractivity contribution in [2.45, 2.75) is 26.1 Å². The van der Waals surface area contributed by atoms with Crippen LogP contribution in [0.3, 0.4) is 0 Å². The summed E-state index contributed by atoms with van der Waals surface area (Å²) in [6.07, 6.45) is -0.787. The van der Waals surface area contributed by atoms with Gasteiger partial charge in [0.05, 0.1) is 11.0 Å². The van der Waals surface area contributed by atoms with Gasteiger partial charge >= 0.3 is 5.69 Å². The Morgan fingerprint density at radius 1 is 0.879 bits per heavy atom. The molecule has 0 aliphatic rings. The van der Waals surface area contributed by atoms with E-state index in [1.54, 1.807) is 23.2 Å². The quantitative estimate of drug-likeness (QED) is 0.411. The molecular weight excluding hydrogens is 438 g/mol. The van der Waals surface area contributed by atoms with Crippen LogP contribution >= 0.6 is 12.4 Å². The number of fused-ring (bicyclic) bond motifs is 1. The van der Waals surface area contributed by atoms with E-state index in [0.717, 1.165) is 29.7 Å². The molecule has 0 radical (unpaired) electrons. The molecule has 1 aromatic heterocycles. The molecule has 0 fully saturated rings. The van der Waals surface area contributed by atoms with Crippen molar-refractivity contribution >= 4 is 23.4 Å². The third kappa shape index (κ3) is 5.66. The van der Waals surface area contributed by atoms with Crippen molar-refractivity contribution in [3.8, 4) is 5.75 Å². The van der Waals surface area contributed by atoms with Crippen molar-refractivity contribution in [2.24, 2.45) is 14.1 Å². The zero-order valence-corrected chi connectivity index (χ0v) is 19.9. The molecular formula is C26H30ClN3O3. The van der Waals surface area contributed by atoms with Crippen molar-refractivity contribution < 1.29 is 9.84 Å². The van der Waals surface area contributed by atoms with E-state index in [9.17, 15) is 9.90 Å². The number of halogens is 1. The van der Waals surface area contributed by atoms with Gasteiger partial charge in [-0.2, -0.15) is 0 Å². The second kappa shape index (κ2) is 10.7. The molecule has 0 saturated carbocycles. The Labute approximate surface area is 199 Å². The van der Waals surface area contributed by atoms with Crippen LogP contribution in [0.15, 0.2) is 71.5 Å². The zero-order chi connectivity index (χ0) is 22.7. The van der Waals surface area contributed by atoms with Crippen molar-refractivity contribution in [3.05, 3.63) is 99.5 Å². The van der Waals surface area contributed by atoms with Gasteiger partial charge in [0, 0.05) is 27.2 Å².